The van der Waals surface area contributed by atoms with E-state index in [1.54, 1.807) is 17.0 Å². The molecule has 5 nitrogen and oxygen atoms in total. The second-order valence-corrected chi connectivity index (χ2v) is 8.20. The van der Waals surface area contributed by atoms with E-state index in [1.165, 1.54) is 30.8 Å². The molecule has 1 saturated heterocycles. The van der Waals surface area contributed by atoms with E-state index in [0.717, 1.165) is 6.26 Å². The maximum Gasteiger partial charge on any atom is 0.228 e. The van der Waals surface area contributed by atoms with Gasteiger partial charge in [-0.15, -0.1) is 0 Å². The third kappa shape index (κ3) is 3.40. The molecule has 1 aromatic rings. The van der Waals surface area contributed by atoms with Gasteiger partial charge >= 0.3 is 0 Å². The van der Waals surface area contributed by atoms with Crippen LogP contribution in [0.2, 0.25) is 0 Å². The summed E-state index contributed by atoms with van der Waals surface area (Å²) in [6, 6.07) is 6.22. The van der Waals surface area contributed by atoms with Crippen molar-refractivity contribution in [1.29, 1.82) is 0 Å². The predicted molar refractivity (Wildman–Crippen MR) is 78.6 cm³/mol. The fourth-order valence-corrected chi connectivity index (χ4v) is 3.66. The topological polar surface area (TPSA) is 71.5 Å². The van der Waals surface area contributed by atoms with E-state index < -0.39 is 9.84 Å². The summed E-state index contributed by atoms with van der Waals surface area (Å²) in [6.07, 6.45) is 1.47. The molecule has 0 aliphatic carbocycles. The highest BCUT2D eigenvalue weighted by Gasteiger charge is 2.31. The fraction of sp³-hybridized carbons (Fsp3) is 0.385. The molecule has 1 aromatic carbocycles. The summed E-state index contributed by atoms with van der Waals surface area (Å²) in [5, 5.41) is -0.0355. The van der Waals surface area contributed by atoms with Crippen molar-refractivity contribution >= 4 is 38.3 Å². The molecule has 1 fully saturated rings. The van der Waals surface area contributed by atoms with Crippen LogP contribution in [0.25, 0.3) is 0 Å². The highest BCUT2D eigenvalue weighted by Crippen LogP contribution is 2.29. The molecule has 0 bridgehead atoms. The van der Waals surface area contributed by atoms with Crippen molar-refractivity contribution in [2.45, 2.75) is 23.5 Å². The minimum atomic E-state index is -3.24. The summed E-state index contributed by atoms with van der Waals surface area (Å²) < 4.78 is 22.8. The molecule has 1 atom stereocenters. The van der Waals surface area contributed by atoms with Gasteiger partial charge in [0, 0.05) is 37.1 Å². The molecule has 0 N–H and O–H groups in total. The number of nitrogens with zero attached hydrogens (tertiary/aromatic N) is 1. The van der Waals surface area contributed by atoms with Crippen LogP contribution >= 0.6 is 11.8 Å². The Bertz CT molecular complexity index is 637. The number of rotatable bonds is 3. The second kappa shape index (κ2) is 5.57. The molecule has 108 valence electrons. The Morgan fingerprint density at radius 1 is 1.30 bits per heavy atom. The number of sulfone groups is 1. The Hall–Kier alpha value is -1.34. The van der Waals surface area contributed by atoms with E-state index in [9.17, 15) is 18.0 Å². The van der Waals surface area contributed by atoms with Gasteiger partial charge in [-0.25, -0.2) is 8.42 Å². The van der Waals surface area contributed by atoms with Crippen molar-refractivity contribution in [3.63, 3.8) is 0 Å². The average Bonchev–Trinajstić information content (AvgIpc) is 2.68. The highest BCUT2D eigenvalue weighted by molar-refractivity contribution is 8.14. The third-order valence-electron chi connectivity index (χ3n) is 3.00. The van der Waals surface area contributed by atoms with Crippen LogP contribution < -0.4 is 4.90 Å². The number of hydrogen-bond acceptors (Lipinski definition) is 5. The lowest BCUT2D eigenvalue weighted by Crippen LogP contribution is -2.24. The first-order valence-corrected chi connectivity index (χ1v) is 8.82. The fourth-order valence-electron chi connectivity index (χ4n) is 2.11. The molecule has 7 heteroatoms. The largest absolute Gasteiger partial charge is 0.311 e. The number of benzene rings is 1. The normalized spacial score (nSPS) is 19.4. The van der Waals surface area contributed by atoms with Gasteiger partial charge in [-0.3, -0.25) is 9.59 Å². The summed E-state index contributed by atoms with van der Waals surface area (Å²) in [4.78, 5) is 24.8. The van der Waals surface area contributed by atoms with E-state index >= 15 is 0 Å². The Morgan fingerprint density at radius 3 is 2.40 bits per heavy atom. The van der Waals surface area contributed by atoms with Gasteiger partial charge in [0.1, 0.15) is 0 Å². The number of amides is 1. The molecule has 0 saturated carbocycles. The molecule has 2 rings (SSSR count). The predicted octanol–water partition coefficient (Wildman–Crippen LogP) is 1.48. The van der Waals surface area contributed by atoms with Crippen molar-refractivity contribution in [3.05, 3.63) is 24.3 Å². The minimum absolute atomic E-state index is 0.00271. The van der Waals surface area contributed by atoms with Crippen LogP contribution in [0.4, 0.5) is 5.69 Å². The maximum absolute atomic E-state index is 11.9. The summed E-state index contributed by atoms with van der Waals surface area (Å²) >= 11 is 1.17. The third-order valence-corrected chi connectivity index (χ3v) is 5.11. The first-order chi connectivity index (χ1) is 9.27. The van der Waals surface area contributed by atoms with Crippen LogP contribution in [-0.2, 0) is 19.4 Å². The number of hydrogen-bond donors (Lipinski definition) is 0. The Labute approximate surface area is 122 Å². The van der Waals surface area contributed by atoms with Crippen LogP contribution in [0, 0.1) is 0 Å². The quantitative estimate of drug-likeness (QED) is 0.845. The zero-order chi connectivity index (χ0) is 14.9. The van der Waals surface area contributed by atoms with Gasteiger partial charge in [0.05, 0.1) is 4.90 Å². The number of carbonyl (C=O) groups excluding carboxylic acids is 2. The monoisotopic (exact) mass is 313 g/mol. The lowest BCUT2D eigenvalue weighted by atomic mass is 10.3. The van der Waals surface area contributed by atoms with Gasteiger partial charge in [-0.05, 0) is 24.3 Å². The summed E-state index contributed by atoms with van der Waals surface area (Å²) in [6.45, 7) is 1.96. The van der Waals surface area contributed by atoms with Crippen LogP contribution in [0.5, 0.6) is 0 Å². The van der Waals surface area contributed by atoms with E-state index in [-0.39, 0.29) is 21.2 Å². The molecular formula is C13H15NO4S2. The van der Waals surface area contributed by atoms with Crippen molar-refractivity contribution in [3.8, 4) is 0 Å². The number of thioether (sulfide) groups is 1. The van der Waals surface area contributed by atoms with Crippen molar-refractivity contribution in [2.75, 3.05) is 17.7 Å². The molecule has 1 amide bonds. The molecule has 1 aliphatic heterocycles. The molecule has 0 spiro atoms. The zero-order valence-electron chi connectivity index (χ0n) is 11.2. The summed E-state index contributed by atoms with van der Waals surface area (Å²) in [5.74, 6) is -0.0455. The van der Waals surface area contributed by atoms with E-state index in [2.05, 4.69) is 0 Å². The Morgan fingerprint density at radius 2 is 1.90 bits per heavy atom. The van der Waals surface area contributed by atoms with Crippen LogP contribution in [0.15, 0.2) is 29.2 Å². The van der Waals surface area contributed by atoms with E-state index in [0.29, 0.717) is 18.7 Å². The Kier molecular flexibility index (Phi) is 4.19. The molecule has 0 radical (unpaired) electrons. The van der Waals surface area contributed by atoms with Gasteiger partial charge in [0.2, 0.25) is 5.91 Å². The minimum Gasteiger partial charge on any atom is -0.311 e. The lowest BCUT2D eigenvalue weighted by Gasteiger charge is -2.16. The molecule has 20 heavy (non-hydrogen) atoms. The lowest BCUT2D eigenvalue weighted by molar-refractivity contribution is -0.117. The van der Waals surface area contributed by atoms with Crippen LogP contribution in [0.1, 0.15) is 13.3 Å². The van der Waals surface area contributed by atoms with Crippen molar-refractivity contribution < 1.29 is 18.0 Å². The van der Waals surface area contributed by atoms with Crippen molar-refractivity contribution in [2.24, 2.45) is 0 Å². The maximum atomic E-state index is 11.9. The molecule has 1 heterocycles. The van der Waals surface area contributed by atoms with Gasteiger partial charge in [0.15, 0.2) is 15.0 Å². The number of anilines is 1. The average molecular weight is 313 g/mol. The van der Waals surface area contributed by atoms with Gasteiger partial charge < -0.3 is 4.90 Å². The van der Waals surface area contributed by atoms with Gasteiger partial charge in [0.25, 0.3) is 0 Å². The molecule has 0 aromatic heterocycles. The second-order valence-electron chi connectivity index (χ2n) is 4.71. The molecule has 1 unspecified atom stereocenters. The first kappa shape index (κ1) is 15.1. The highest BCUT2D eigenvalue weighted by atomic mass is 32.2. The van der Waals surface area contributed by atoms with Gasteiger partial charge in [-0.1, -0.05) is 11.8 Å². The SMILES string of the molecule is CC(=O)SC1CC(=O)N(c2ccc(S(C)(=O)=O)cc2)C1. The van der Waals surface area contributed by atoms with E-state index in [1.807, 2.05) is 0 Å². The molecular weight excluding hydrogens is 298 g/mol. The smallest absolute Gasteiger partial charge is 0.228 e. The van der Waals surface area contributed by atoms with Crippen molar-refractivity contribution in [1.82, 2.24) is 0 Å². The van der Waals surface area contributed by atoms with E-state index in [4.69, 9.17) is 0 Å². The standard InChI is InChI=1S/C13H15NO4S2/c1-9(15)19-11-7-13(16)14(8-11)10-3-5-12(6-4-10)20(2,17)18/h3-6,11H,7-8H2,1-2H3. The van der Waals surface area contributed by atoms with Crippen LogP contribution in [-0.4, -0.2) is 37.5 Å². The number of carbonyl (C=O) groups is 2. The summed E-state index contributed by atoms with van der Waals surface area (Å²) in [5.41, 5.74) is 0.661. The molecule has 1 aliphatic rings. The summed E-state index contributed by atoms with van der Waals surface area (Å²) in [7, 11) is -3.24. The van der Waals surface area contributed by atoms with Gasteiger partial charge in [-0.2, -0.15) is 0 Å². The Balaban J connectivity index is 2.16. The first-order valence-electron chi connectivity index (χ1n) is 6.05. The van der Waals surface area contributed by atoms with Crippen LogP contribution in [0.3, 0.4) is 0 Å². The zero-order valence-corrected chi connectivity index (χ0v) is 12.8.